The van der Waals surface area contributed by atoms with Crippen LogP contribution in [0.2, 0.25) is 5.02 Å². The highest BCUT2D eigenvalue weighted by atomic mass is 35.5. The van der Waals surface area contributed by atoms with E-state index in [9.17, 15) is 13.2 Å². The van der Waals surface area contributed by atoms with Crippen molar-refractivity contribution in [3.63, 3.8) is 0 Å². The van der Waals surface area contributed by atoms with Crippen LogP contribution in [0.4, 0.5) is 5.69 Å². The molecule has 0 atom stereocenters. The summed E-state index contributed by atoms with van der Waals surface area (Å²) in [7, 11) is -3.99. The van der Waals surface area contributed by atoms with Crippen LogP contribution in [0.3, 0.4) is 0 Å². The molecule has 1 aliphatic heterocycles. The lowest BCUT2D eigenvalue weighted by Gasteiger charge is -2.18. The molecule has 6 nitrogen and oxygen atoms in total. The fourth-order valence-corrected chi connectivity index (χ4v) is 5.89. The molecule has 1 fully saturated rings. The van der Waals surface area contributed by atoms with E-state index in [1.165, 1.54) is 36.6 Å². The maximum absolute atomic E-state index is 13.1. The number of halogens is 1. The standard InChI is InChI=1S/C27H30ClN3O3S/c1-19-9-10-20(2)25(15-19)30-35(33,34)26-16-21(11-12-24(26)28)27(32)29-17-22-7-3-4-8-23(22)18-31-13-5-6-14-31/h3-4,7-12,15-16,30H,5-6,13-14,17-18H2,1-2H3,(H,29,32). The Bertz CT molecular complexity index is 1340. The highest BCUT2D eigenvalue weighted by molar-refractivity contribution is 7.92. The number of nitrogens with one attached hydrogen (secondary N) is 2. The number of aryl methyl sites for hydroxylation is 2. The lowest BCUT2D eigenvalue weighted by atomic mass is 10.1. The van der Waals surface area contributed by atoms with Gasteiger partial charge >= 0.3 is 0 Å². The number of carbonyl (C=O) groups excluding carboxylic acids is 1. The number of hydrogen-bond acceptors (Lipinski definition) is 4. The molecular weight excluding hydrogens is 482 g/mol. The molecule has 1 heterocycles. The van der Waals surface area contributed by atoms with E-state index in [0.29, 0.717) is 12.2 Å². The van der Waals surface area contributed by atoms with E-state index in [4.69, 9.17) is 11.6 Å². The van der Waals surface area contributed by atoms with Crippen LogP contribution in [0.1, 0.15) is 45.5 Å². The molecule has 0 aliphatic carbocycles. The lowest BCUT2D eigenvalue weighted by Crippen LogP contribution is -2.25. The number of rotatable bonds is 8. The zero-order chi connectivity index (χ0) is 25.0. The molecule has 0 radical (unpaired) electrons. The number of sulfonamides is 1. The third-order valence-electron chi connectivity index (χ3n) is 6.27. The van der Waals surface area contributed by atoms with Gasteiger partial charge in [-0.15, -0.1) is 0 Å². The van der Waals surface area contributed by atoms with Crippen LogP contribution in [0.15, 0.2) is 65.6 Å². The Morgan fingerprint density at radius 2 is 1.69 bits per heavy atom. The van der Waals surface area contributed by atoms with E-state index in [0.717, 1.165) is 36.3 Å². The van der Waals surface area contributed by atoms with Crippen LogP contribution < -0.4 is 10.0 Å². The zero-order valence-corrected chi connectivity index (χ0v) is 21.5. The van der Waals surface area contributed by atoms with Crippen molar-refractivity contribution in [1.29, 1.82) is 0 Å². The van der Waals surface area contributed by atoms with Gasteiger partial charge in [0, 0.05) is 18.7 Å². The summed E-state index contributed by atoms with van der Waals surface area (Å²) in [6.45, 7) is 7.12. The van der Waals surface area contributed by atoms with Gasteiger partial charge in [-0.3, -0.25) is 14.4 Å². The van der Waals surface area contributed by atoms with Crippen LogP contribution in [0, 0.1) is 13.8 Å². The van der Waals surface area contributed by atoms with Crippen molar-refractivity contribution in [2.24, 2.45) is 0 Å². The summed E-state index contributed by atoms with van der Waals surface area (Å²) < 4.78 is 28.8. The van der Waals surface area contributed by atoms with Crippen LogP contribution in [0.25, 0.3) is 0 Å². The number of amides is 1. The maximum atomic E-state index is 13.1. The van der Waals surface area contributed by atoms with Crippen molar-refractivity contribution < 1.29 is 13.2 Å². The van der Waals surface area contributed by atoms with Crippen molar-refractivity contribution in [3.05, 3.63) is 93.5 Å². The topological polar surface area (TPSA) is 78.5 Å². The Hall–Kier alpha value is -2.87. The third-order valence-corrected chi connectivity index (χ3v) is 8.12. The minimum atomic E-state index is -3.99. The van der Waals surface area contributed by atoms with Crippen molar-refractivity contribution in [1.82, 2.24) is 10.2 Å². The van der Waals surface area contributed by atoms with E-state index < -0.39 is 10.0 Å². The van der Waals surface area contributed by atoms with Gasteiger partial charge < -0.3 is 5.32 Å². The molecule has 184 valence electrons. The first-order chi connectivity index (χ1) is 16.7. The minimum Gasteiger partial charge on any atom is -0.348 e. The van der Waals surface area contributed by atoms with Gasteiger partial charge in [0.1, 0.15) is 4.90 Å². The van der Waals surface area contributed by atoms with Gasteiger partial charge in [-0.05, 0) is 86.3 Å². The second-order valence-corrected chi connectivity index (χ2v) is 11.1. The molecule has 0 bridgehead atoms. The fraction of sp³-hybridized carbons (Fsp3) is 0.296. The molecule has 1 aliphatic rings. The number of benzene rings is 3. The van der Waals surface area contributed by atoms with Crippen LogP contribution in [0.5, 0.6) is 0 Å². The predicted octanol–water partition coefficient (Wildman–Crippen LogP) is 5.28. The largest absolute Gasteiger partial charge is 0.348 e. The molecule has 0 spiro atoms. The lowest BCUT2D eigenvalue weighted by molar-refractivity contribution is 0.0950. The summed E-state index contributed by atoms with van der Waals surface area (Å²) in [6.07, 6.45) is 2.44. The quantitative estimate of drug-likeness (QED) is 0.431. The smallest absolute Gasteiger partial charge is 0.263 e. The average Bonchev–Trinajstić information content (AvgIpc) is 3.34. The van der Waals surface area contributed by atoms with Crippen molar-refractivity contribution in [3.8, 4) is 0 Å². The summed E-state index contributed by atoms with van der Waals surface area (Å²) >= 11 is 6.24. The molecule has 2 N–H and O–H groups in total. The van der Waals surface area contributed by atoms with Gasteiger partial charge in [-0.25, -0.2) is 8.42 Å². The molecule has 1 amide bonds. The van der Waals surface area contributed by atoms with Gasteiger partial charge in [0.2, 0.25) is 0 Å². The molecule has 4 rings (SSSR count). The van der Waals surface area contributed by atoms with Crippen molar-refractivity contribution in [2.45, 2.75) is 44.7 Å². The van der Waals surface area contributed by atoms with Crippen LogP contribution >= 0.6 is 11.6 Å². The molecule has 3 aromatic carbocycles. The molecule has 1 saturated heterocycles. The molecule has 8 heteroatoms. The highest BCUT2D eigenvalue weighted by Crippen LogP contribution is 2.27. The van der Waals surface area contributed by atoms with Gasteiger partial charge in [-0.1, -0.05) is 48.0 Å². The number of carbonyl (C=O) groups is 1. The van der Waals surface area contributed by atoms with E-state index in [2.05, 4.69) is 21.0 Å². The van der Waals surface area contributed by atoms with E-state index >= 15 is 0 Å². The van der Waals surface area contributed by atoms with E-state index in [1.807, 2.05) is 44.2 Å². The third kappa shape index (κ3) is 6.23. The zero-order valence-electron chi connectivity index (χ0n) is 20.0. The molecule has 0 unspecified atom stereocenters. The Morgan fingerprint density at radius 1 is 0.971 bits per heavy atom. The Balaban J connectivity index is 1.50. The molecule has 35 heavy (non-hydrogen) atoms. The molecular formula is C27H30ClN3O3S. The van der Waals surface area contributed by atoms with E-state index in [-0.39, 0.29) is 21.4 Å². The van der Waals surface area contributed by atoms with E-state index in [1.54, 1.807) is 6.07 Å². The van der Waals surface area contributed by atoms with Gasteiger partial charge in [0.05, 0.1) is 10.7 Å². The summed E-state index contributed by atoms with van der Waals surface area (Å²) in [5.74, 6) is -0.360. The first-order valence-electron chi connectivity index (χ1n) is 11.7. The minimum absolute atomic E-state index is 0.0512. The van der Waals surface area contributed by atoms with Gasteiger partial charge in [-0.2, -0.15) is 0 Å². The van der Waals surface area contributed by atoms with Crippen molar-refractivity contribution in [2.75, 3.05) is 17.8 Å². The Kier molecular flexibility index (Phi) is 7.79. The summed E-state index contributed by atoms with van der Waals surface area (Å²) in [5.41, 5.74) is 4.66. The molecule has 0 saturated carbocycles. The molecule has 3 aromatic rings. The van der Waals surface area contributed by atoms with Gasteiger partial charge in [0.15, 0.2) is 0 Å². The Labute approximate surface area is 212 Å². The number of hydrogen-bond donors (Lipinski definition) is 2. The number of likely N-dealkylation sites (tertiary alicyclic amines) is 1. The SMILES string of the molecule is Cc1ccc(C)c(NS(=O)(=O)c2cc(C(=O)NCc3ccccc3CN3CCCC3)ccc2Cl)c1. The molecule has 0 aromatic heterocycles. The van der Waals surface area contributed by atoms with Crippen LogP contribution in [-0.4, -0.2) is 32.3 Å². The number of anilines is 1. The summed E-state index contributed by atoms with van der Waals surface area (Å²) in [6, 6.07) is 17.9. The Morgan fingerprint density at radius 3 is 2.43 bits per heavy atom. The maximum Gasteiger partial charge on any atom is 0.263 e. The van der Waals surface area contributed by atoms with Gasteiger partial charge in [0.25, 0.3) is 15.9 Å². The normalized spacial score (nSPS) is 14.1. The highest BCUT2D eigenvalue weighted by Gasteiger charge is 2.21. The number of nitrogens with zero attached hydrogens (tertiary/aromatic N) is 1. The fourth-order valence-electron chi connectivity index (χ4n) is 4.24. The summed E-state index contributed by atoms with van der Waals surface area (Å²) in [4.78, 5) is 15.2. The predicted molar refractivity (Wildman–Crippen MR) is 140 cm³/mol. The monoisotopic (exact) mass is 511 g/mol. The average molecular weight is 512 g/mol. The van der Waals surface area contributed by atoms with Crippen molar-refractivity contribution >= 4 is 33.2 Å². The van der Waals surface area contributed by atoms with Crippen LogP contribution in [-0.2, 0) is 23.1 Å². The second-order valence-electron chi connectivity index (χ2n) is 9.00. The summed E-state index contributed by atoms with van der Waals surface area (Å²) in [5, 5.41) is 2.98. The second kappa shape index (κ2) is 10.8. The first kappa shape index (κ1) is 25.2. The first-order valence-corrected chi connectivity index (χ1v) is 13.6.